The van der Waals surface area contributed by atoms with Gasteiger partial charge in [0.15, 0.2) is 0 Å². The Hall–Kier alpha value is -12.7. The molecule has 0 amide bonds. The molecule has 0 atom stereocenters. The molecule has 0 saturated carbocycles. The molecule has 0 fully saturated rings. The zero-order valence-corrected chi connectivity index (χ0v) is 78.5. The van der Waals surface area contributed by atoms with Gasteiger partial charge >= 0.3 is 0 Å². The van der Waals surface area contributed by atoms with E-state index in [4.69, 9.17) is 9.97 Å². The van der Waals surface area contributed by atoms with Crippen LogP contribution in [0.3, 0.4) is 0 Å². The Morgan fingerprint density at radius 1 is 0.256 bits per heavy atom. The maximum Gasteiger partial charge on any atom is 0.0756 e. The van der Waals surface area contributed by atoms with Crippen molar-refractivity contribution in [2.45, 2.75) is 82.1 Å². The minimum atomic E-state index is 0. The van der Waals surface area contributed by atoms with Gasteiger partial charge in [0.2, 0.25) is 0 Å². The summed E-state index contributed by atoms with van der Waals surface area (Å²) in [6.45, 7) is 21.6. The number of aromatic nitrogens is 9. The van der Waals surface area contributed by atoms with E-state index in [1.54, 1.807) is 0 Å². The van der Waals surface area contributed by atoms with Crippen LogP contribution in [0.4, 0.5) is 0 Å². The van der Waals surface area contributed by atoms with Crippen LogP contribution in [0.25, 0.3) is 165 Å². The van der Waals surface area contributed by atoms with E-state index in [0.717, 1.165) is 129 Å². The second kappa shape index (κ2) is 42.1. The summed E-state index contributed by atoms with van der Waals surface area (Å²) in [4.78, 5) is 41.5. The zero-order chi connectivity index (χ0) is 84.0. The number of benzene rings is 15. The summed E-state index contributed by atoms with van der Waals surface area (Å²) in [6.07, 6.45) is 11.8. The van der Waals surface area contributed by atoms with Gasteiger partial charge in [-0.2, -0.15) is 0 Å². The molecule has 0 unspecified atom stereocenters. The summed E-state index contributed by atoms with van der Waals surface area (Å²) in [7, 11) is 0. The summed E-state index contributed by atoms with van der Waals surface area (Å²) >= 11 is 0. The molecule has 0 saturated heterocycles. The van der Waals surface area contributed by atoms with Crippen LogP contribution in [0, 0.1) is 89.8 Å². The Morgan fingerprint density at radius 3 is 1.15 bits per heavy atom. The van der Waals surface area contributed by atoms with Gasteiger partial charge in [0.05, 0.1) is 39.5 Å². The third kappa shape index (κ3) is 22.5. The first-order valence-electron chi connectivity index (χ1n) is 41.5. The van der Waals surface area contributed by atoms with Crippen molar-refractivity contribution in [3.63, 3.8) is 0 Å². The number of hydrogen-bond donors (Lipinski definition) is 0. The van der Waals surface area contributed by atoms with Crippen molar-refractivity contribution in [3.05, 3.63) is 415 Å². The number of nitrogens with zero attached hydrogens (tertiary/aromatic N) is 9. The second-order valence-corrected chi connectivity index (χ2v) is 31.9. The molecule has 9 nitrogen and oxygen atoms in total. The molecule has 15 aromatic carbocycles. The van der Waals surface area contributed by atoms with Crippen molar-refractivity contribution in [2.24, 2.45) is 11.8 Å². The van der Waals surface area contributed by atoms with E-state index in [2.05, 4.69) is 316 Å². The van der Waals surface area contributed by atoms with Crippen molar-refractivity contribution < 1.29 is 60.3 Å². The smallest absolute Gasteiger partial charge is 0.0756 e. The molecule has 12 heteroatoms. The largest absolute Gasteiger partial charge is 0.304 e. The molecule has 21 rings (SSSR count). The molecule has 0 spiro atoms. The zero-order valence-electron chi connectivity index (χ0n) is 71.3. The molecule has 0 aliphatic rings. The van der Waals surface area contributed by atoms with Crippen LogP contribution in [0.1, 0.15) is 72.2 Å². The van der Waals surface area contributed by atoms with Gasteiger partial charge in [-0.3, -0.25) is 34.9 Å². The number of aryl methyl sites for hydroxylation is 6. The minimum Gasteiger partial charge on any atom is -0.304 e. The molecular formula is C113H91Ir3N9-6. The average molecular weight is 2150 g/mol. The molecule has 0 aliphatic carbocycles. The van der Waals surface area contributed by atoms with E-state index < -0.39 is 0 Å². The first-order valence-corrected chi connectivity index (χ1v) is 41.5. The van der Waals surface area contributed by atoms with Crippen molar-refractivity contribution in [3.8, 4) is 67.9 Å². The van der Waals surface area contributed by atoms with Crippen LogP contribution in [0.15, 0.2) is 334 Å². The van der Waals surface area contributed by atoms with Crippen molar-refractivity contribution in [1.29, 1.82) is 0 Å². The van der Waals surface area contributed by atoms with Crippen molar-refractivity contribution in [2.75, 3.05) is 0 Å². The quantitative estimate of drug-likeness (QED) is 0.0975. The molecule has 621 valence electrons. The van der Waals surface area contributed by atoms with E-state index in [0.29, 0.717) is 23.5 Å². The fraction of sp³-hybridized carbons (Fsp3) is 0.124. The Kier molecular flexibility index (Phi) is 30.3. The maximum atomic E-state index is 4.86. The summed E-state index contributed by atoms with van der Waals surface area (Å²) < 4.78 is 0. The van der Waals surface area contributed by atoms with Crippen molar-refractivity contribution in [1.82, 2.24) is 44.9 Å². The first kappa shape index (κ1) is 90.0. The Labute approximate surface area is 773 Å². The van der Waals surface area contributed by atoms with Gasteiger partial charge in [-0.1, -0.05) is 245 Å². The number of pyridine rings is 3. The molecule has 0 bridgehead atoms. The third-order valence-electron chi connectivity index (χ3n) is 21.1. The van der Waals surface area contributed by atoms with Gasteiger partial charge in [0.1, 0.15) is 0 Å². The van der Waals surface area contributed by atoms with Gasteiger partial charge in [-0.25, -0.2) is 0 Å². The standard InChI is InChI=1S/2C21H22N.3C18H11N2.C17H14N.3Ir/c1-14(2)7-17-5-6-18-13-22-21(12-19(18)11-17)20-9-15(3)8-16(4)10-20;1-14(2)10-17-6-5-7-21-19(17)8-9-20(22-21)18-12-15(3)11-16(4)13-18;1-2-7-14(8-3-1)18-19-12-15-11-10-13-6-4-5-9-16(13)17(15)20-18;2*1-2-7-14(8-3-1)18-19-12-16-15-9-5-4-6-13(15)10-11-17(16)20-18;1-12-7-13(2)9-16(8-12)17-10-14-5-3-4-6-15(14)11-18-17;;;/h5-6,8-9,11-14H,7H2,1-4H3;5-9,11-12,14H,10H2,1-4H3;3*1-7,9-12H;3-8,10-11H,1-2H3;;;/q6*-1;;;. The minimum absolute atomic E-state index is 0. The molecule has 6 heterocycles. The Balaban J connectivity index is 0.000000128. The molecule has 0 N–H and O–H groups in total. The monoisotopic (exact) mass is 2150 g/mol. The fourth-order valence-corrected chi connectivity index (χ4v) is 15.6. The van der Waals surface area contributed by atoms with Crippen LogP contribution in [0.2, 0.25) is 0 Å². The third-order valence-corrected chi connectivity index (χ3v) is 21.1. The van der Waals surface area contributed by atoms with Crippen LogP contribution in [-0.4, -0.2) is 44.9 Å². The van der Waals surface area contributed by atoms with Gasteiger partial charge in [0, 0.05) is 118 Å². The van der Waals surface area contributed by atoms with Crippen LogP contribution in [0.5, 0.6) is 0 Å². The number of hydrogen-bond acceptors (Lipinski definition) is 9. The first-order chi connectivity index (χ1) is 59.5. The molecule has 3 radical (unpaired) electrons. The van der Waals surface area contributed by atoms with Crippen LogP contribution in [-0.2, 0) is 73.2 Å². The number of rotatable bonds is 10. The summed E-state index contributed by atoms with van der Waals surface area (Å²) in [5.74, 6) is 3.47. The Bertz CT molecular complexity index is 7040. The van der Waals surface area contributed by atoms with E-state index in [-0.39, 0.29) is 60.3 Å². The summed E-state index contributed by atoms with van der Waals surface area (Å²) in [5, 5.41) is 16.5. The summed E-state index contributed by atoms with van der Waals surface area (Å²) in [5.41, 5.74) is 23.0. The normalized spacial score (nSPS) is 10.8. The van der Waals surface area contributed by atoms with Crippen LogP contribution < -0.4 is 0 Å². The van der Waals surface area contributed by atoms with Crippen LogP contribution >= 0.6 is 0 Å². The van der Waals surface area contributed by atoms with E-state index >= 15 is 0 Å². The molecule has 21 aromatic rings. The van der Waals surface area contributed by atoms with Gasteiger partial charge in [-0.15, -0.1) is 212 Å². The van der Waals surface area contributed by atoms with Gasteiger partial charge < -0.3 is 9.97 Å². The molecule has 125 heavy (non-hydrogen) atoms. The van der Waals surface area contributed by atoms with E-state index in [9.17, 15) is 0 Å². The maximum absolute atomic E-state index is 4.86. The number of fused-ring (bicyclic) bond motifs is 12. The predicted octanol–water partition coefficient (Wildman–Crippen LogP) is 28.1. The Morgan fingerprint density at radius 2 is 0.656 bits per heavy atom. The second-order valence-electron chi connectivity index (χ2n) is 31.9. The fourth-order valence-electron chi connectivity index (χ4n) is 15.6. The van der Waals surface area contributed by atoms with E-state index in [1.807, 2.05) is 158 Å². The molecular weight excluding hydrogens is 2060 g/mol. The topological polar surface area (TPSA) is 116 Å². The SMILES string of the molecule is Cc1[c-]c(-c2cc3cc(CC(C)C)ccc3cn2)cc(C)c1.Cc1[c-]c(-c2cc3ccccc3cn2)cc(C)c1.Cc1[c-]c(-c2ccc3c(CC(C)C)cccc3n2)cc(C)c1.[Ir].[Ir].[Ir].[c-]1ccccc1-c1ncc2c(ccc3ccccc32)n1.[c-]1ccccc1-c1ncc2c(ccc3ccccc32)n1.[c-]1ccccc1-c1ncc2ccc3ccccc3c2n1. The molecule has 0 aliphatic heterocycles. The van der Waals surface area contributed by atoms with Crippen molar-refractivity contribution >= 4 is 97.5 Å². The van der Waals surface area contributed by atoms with Gasteiger partial charge in [0.25, 0.3) is 0 Å². The molecule has 6 aromatic heterocycles. The average Bonchev–Trinajstić information content (AvgIpc) is 0.825. The van der Waals surface area contributed by atoms with E-state index in [1.165, 1.54) is 81.7 Å². The predicted molar refractivity (Wildman–Crippen MR) is 507 cm³/mol. The summed E-state index contributed by atoms with van der Waals surface area (Å²) in [6, 6.07) is 123. The van der Waals surface area contributed by atoms with Gasteiger partial charge in [-0.05, 0) is 120 Å².